The Morgan fingerprint density at radius 1 is 1.19 bits per heavy atom. The number of ether oxygens (including phenoxy) is 1. The summed E-state index contributed by atoms with van der Waals surface area (Å²) >= 11 is 3.02. The third kappa shape index (κ3) is 3.70. The lowest BCUT2D eigenvalue weighted by Gasteiger charge is -2.10. The number of hydrogen-bond donors (Lipinski definition) is 0. The Bertz CT molecular complexity index is 705. The van der Waals surface area contributed by atoms with Crippen LogP contribution >= 0.6 is 15.9 Å². The number of nitrogens with zero attached hydrogens (tertiary/aromatic N) is 2. The molecular weight excluding hydrogens is 356 g/mol. The first-order valence-electron chi connectivity index (χ1n) is 5.42. The molecule has 0 amide bonds. The molecule has 0 saturated carbocycles. The highest BCUT2D eigenvalue weighted by atomic mass is 79.9. The molecule has 2 aromatic rings. The molecule has 108 valence electrons. The molecule has 0 spiro atoms. The molecule has 1 aromatic heterocycles. The van der Waals surface area contributed by atoms with Crippen LogP contribution in [0.25, 0.3) is 0 Å². The molecule has 0 bridgehead atoms. The Labute approximate surface area is 124 Å². The van der Waals surface area contributed by atoms with Crippen LogP contribution in [0.3, 0.4) is 0 Å². The fourth-order valence-corrected chi connectivity index (χ4v) is 1.90. The SMILES string of the molecule is N#Cc1ccc(C(F)(F)F)nc1Oc1cc(F)cc(Br)c1. The molecule has 0 fully saturated rings. The topological polar surface area (TPSA) is 45.9 Å². The van der Waals surface area contributed by atoms with E-state index in [1.807, 2.05) is 0 Å². The molecule has 0 atom stereocenters. The second-order valence-corrected chi connectivity index (χ2v) is 4.78. The van der Waals surface area contributed by atoms with E-state index < -0.39 is 23.6 Å². The zero-order valence-electron chi connectivity index (χ0n) is 10.1. The van der Waals surface area contributed by atoms with Gasteiger partial charge in [-0.1, -0.05) is 15.9 Å². The Morgan fingerprint density at radius 2 is 1.90 bits per heavy atom. The van der Waals surface area contributed by atoms with Gasteiger partial charge >= 0.3 is 6.18 Å². The Hall–Kier alpha value is -2.14. The van der Waals surface area contributed by atoms with Gasteiger partial charge in [0, 0.05) is 10.5 Å². The van der Waals surface area contributed by atoms with Crippen LogP contribution in [0.1, 0.15) is 11.3 Å². The fraction of sp³-hybridized carbons (Fsp3) is 0.0769. The second kappa shape index (κ2) is 5.69. The Morgan fingerprint density at radius 3 is 2.48 bits per heavy atom. The maximum absolute atomic E-state index is 13.2. The van der Waals surface area contributed by atoms with E-state index in [0.717, 1.165) is 18.2 Å². The van der Waals surface area contributed by atoms with Crippen molar-refractivity contribution in [1.29, 1.82) is 5.26 Å². The molecule has 0 saturated heterocycles. The summed E-state index contributed by atoms with van der Waals surface area (Å²) in [6.07, 6.45) is -4.67. The molecule has 0 radical (unpaired) electrons. The van der Waals surface area contributed by atoms with Crippen molar-refractivity contribution in [1.82, 2.24) is 4.98 Å². The van der Waals surface area contributed by atoms with Crippen LogP contribution in [-0.2, 0) is 6.18 Å². The number of halogens is 5. The lowest BCUT2D eigenvalue weighted by Crippen LogP contribution is -2.09. The van der Waals surface area contributed by atoms with Gasteiger partial charge in [0.15, 0.2) is 0 Å². The molecule has 0 aliphatic heterocycles. The van der Waals surface area contributed by atoms with Gasteiger partial charge in [0.25, 0.3) is 0 Å². The molecule has 0 aliphatic rings. The number of alkyl halides is 3. The Kier molecular flexibility index (Phi) is 4.14. The Balaban J connectivity index is 2.45. The van der Waals surface area contributed by atoms with Crippen molar-refractivity contribution in [3.05, 3.63) is 51.9 Å². The van der Waals surface area contributed by atoms with Crippen LogP contribution in [0.2, 0.25) is 0 Å². The van der Waals surface area contributed by atoms with Gasteiger partial charge in [-0.3, -0.25) is 0 Å². The van der Waals surface area contributed by atoms with Gasteiger partial charge in [0.1, 0.15) is 28.9 Å². The quantitative estimate of drug-likeness (QED) is 0.731. The number of nitriles is 1. The molecule has 1 aromatic carbocycles. The standard InChI is InChI=1S/C13H5BrF4N2O/c14-8-3-9(15)5-10(4-8)21-12-7(6-19)1-2-11(20-12)13(16,17)18/h1-5H. The maximum atomic E-state index is 13.2. The summed E-state index contributed by atoms with van der Waals surface area (Å²) < 4.78 is 56.4. The summed E-state index contributed by atoms with van der Waals surface area (Å²) in [5.74, 6) is -1.26. The van der Waals surface area contributed by atoms with Gasteiger partial charge in [-0.05, 0) is 24.3 Å². The molecular formula is C13H5BrF4N2O. The van der Waals surface area contributed by atoms with E-state index in [9.17, 15) is 17.6 Å². The summed E-state index contributed by atoms with van der Waals surface area (Å²) in [7, 11) is 0. The van der Waals surface area contributed by atoms with E-state index in [2.05, 4.69) is 20.9 Å². The number of pyridine rings is 1. The molecule has 3 nitrogen and oxygen atoms in total. The third-order valence-electron chi connectivity index (χ3n) is 2.32. The number of benzene rings is 1. The predicted octanol–water partition coefficient (Wildman–Crippen LogP) is 4.67. The predicted molar refractivity (Wildman–Crippen MR) is 68.1 cm³/mol. The lowest BCUT2D eigenvalue weighted by atomic mass is 10.2. The van der Waals surface area contributed by atoms with Gasteiger partial charge in [-0.25, -0.2) is 9.37 Å². The summed E-state index contributed by atoms with van der Waals surface area (Å²) in [5, 5.41) is 8.86. The summed E-state index contributed by atoms with van der Waals surface area (Å²) in [6.45, 7) is 0. The highest BCUT2D eigenvalue weighted by molar-refractivity contribution is 9.10. The molecule has 0 unspecified atom stereocenters. The molecule has 0 N–H and O–H groups in total. The smallest absolute Gasteiger partial charge is 0.433 e. The second-order valence-electron chi connectivity index (χ2n) is 3.87. The van der Waals surface area contributed by atoms with Gasteiger partial charge < -0.3 is 4.74 Å². The first kappa shape index (κ1) is 15.3. The first-order chi connectivity index (χ1) is 9.79. The molecule has 21 heavy (non-hydrogen) atoms. The molecule has 2 rings (SSSR count). The van der Waals surface area contributed by atoms with Crippen molar-refractivity contribution in [3.8, 4) is 17.7 Å². The van der Waals surface area contributed by atoms with E-state index in [1.54, 1.807) is 6.07 Å². The summed E-state index contributed by atoms with van der Waals surface area (Å²) in [6, 6.07) is 6.74. The van der Waals surface area contributed by atoms with E-state index in [4.69, 9.17) is 10.00 Å². The van der Waals surface area contributed by atoms with Crippen molar-refractivity contribution in [3.63, 3.8) is 0 Å². The van der Waals surface area contributed by atoms with E-state index in [1.165, 1.54) is 6.07 Å². The van der Waals surface area contributed by atoms with Crippen LogP contribution in [-0.4, -0.2) is 4.98 Å². The van der Waals surface area contributed by atoms with Crippen LogP contribution in [0.4, 0.5) is 17.6 Å². The van der Waals surface area contributed by atoms with Crippen molar-refractivity contribution >= 4 is 15.9 Å². The third-order valence-corrected chi connectivity index (χ3v) is 2.78. The average Bonchev–Trinajstić information content (AvgIpc) is 2.36. The maximum Gasteiger partial charge on any atom is 0.433 e. The van der Waals surface area contributed by atoms with Gasteiger partial charge in [0.05, 0.1) is 0 Å². The minimum atomic E-state index is -4.67. The van der Waals surface area contributed by atoms with E-state index in [0.29, 0.717) is 10.5 Å². The number of aromatic nitrogens is 1. The highest BCUT2D eigenvalue weighted by Gasteiger charge is 2.33. The van der Waals surface area contributed by atoms with Crippen molar-refractivity contribution in [2.75, 3.05) is 0 Å². The van der Waals surface area contributed by atoms with Crippen LogP contribution in [0.5, 0.6) is 11.6 Å². The molecule has 0 aliphatic carbocycles. The van der Waals surface area contributed by atoms with E-state index in [-0.39, 0.29) is 11.3 Å². The molecule has 1 heterocycles. The summed E-state index contributed by atoms with van der Waals surface area (Å²) in [5.41, 5.74) is -1.39. The van der Waals surface area contributed by atoms with Gasteiger partial charge in [-0.2, -0.15) is 18.4 Å². The van der Waals surface area contributed by atoms with E-state index >= 15 is 0 Å². The lowest BCUT2D eigenvalue weighted by molar-refractivity contribution is -0.141. The first-order valence-corrected chi connectivity index (χ1v) is 6.21. The minimum Gasteiger partial charge on any atom is -0.438 e. The minimum absolute atomic E-state index is 0.0785. The zero-order chi connectivity index (χ0) is 15.6. The van der Waals surface area contributed by atoms with Gasteiger partial charge in [0.2, 0.25) is 5.88 Å². The number of hydrogen-bond acceptors (Lipinski definition) is 3. The van der Waals surface area contributed by atoms with Gasteiger partial charge in [-0.15, -0.1) is 0 Å². The van der Waals surface area contributed by atoms with Crippen LogP contribution < -0.4 is 4.74 Å². The van der Waals surface area contributed by atoms with Crippen molar-refractivity contribution < 1.29 is 22.3 Å². The van der Waals surface area contributed by atoms with Crippen LogP contribution in [0.15, 0.2) is 34.8 Å². The largest absolute Gasteiger partial charge is 0.438 e. The highest BCUT2D eigenvalue weighted by Crippen LogP contribution is 2.32. The number of rotatable bonds is 2. The monoisotopic (exact) mass is 360 g/mol. The van der Waals surface area contributed by atoms with Crippen molar-refractivity contribution in [2.45, 2.75) is 6.18 Å². The molecule has 8 heteroatoms. The van der Waals surface area contributed by atoms with Crippen LogP contribution in [0, 0.1) is 17.1 Å². The van der Waals surface area contributed by atoms with Crippen molar-refractivity contribution in [2.24, 2.45) is 0 Å². The summed E-state index contributed by atoms with van der Waals surface area (Å²) in [4.78, 5) is 3.26. The average molecular weight is 361 g/mol. The fourth-order valence-electron chi connectivity index (χ4n) is 1.46. The zero-order valence-corrected chi connectivity index (χ0v) is 11.7. The normalized spacial score (nSPS) is 11.0.